The van der Waals surface area contributed by atoms with Gasteiger partial charge in [-0.05, 0) is 51.0 Å². The molecule has 1 unspecified atom stereocenters. The van der Waals surface area contributed by atoms with Crippen molar-refractivity contribution in [3.8, 4) is 5.75 Å². The largest absolute Gasteiger partial charge is 0.492 e. The third-order valence-electron chi connectivity index (χ3n) is 5.54. The van der Waals surface area contributed by atoms with Crippen LogP contribution in [-0.2, 0) is 6.42 Å². The zero-order chi connectivity index (χ0) is 19.9. The third kappa shape index (κ3) is 3.02. The summed E-state index contributed by atoms with van der Waals surface area (Å²) in [6, 6.07) is 10.9. The van der Waals surface area contributed by atoms with Crippen molar-refractivity contribution in [2.24, 2.45) is 5.41 Å². The lowest BCUT2D eigenvalue weighted by Crippen LogP contribution is -2.44. The van der Waals surface area contributed by atoms with E-state index < -0.39 is 5.41 Å². The van der Waals surface area contributed by atoms with Crippen molar-refractivity contribution in [1.29, 1.82) is 0 Å². The summed E-state index contributed by atoms with van der Waals surface area (Å²) in [4.78, 5) is 26.0. The topological polar surface area (TPSA) is 76.7 Å². The molecule has 1 N–H and O–H groups in total. The SMILES string of the molecule is Cc1ccc2c(c1)C(=O)C(CO)(CCc1coc3ccc(C)cc3c1=O)CO2. The molecule has 0 bridgehead atoms. The standard InChI is InChI=1S/C23H22O5/c1-14-3-5-19-17(9-14)21(25)16(11-27-19)7-8-23(12-24)13-28-20-6-4-15(2)10-18(20)22(23)26/h3-6,9-11,24H,7-8,12-13H2,1-2H3. The van der Waals surface area contributed by atoms with Crippen molar-refractivity contribution in [3.05, 3.63) is 75.1 Å². The van der Waals surface area contributed by atoms with E-state index in [1.165, 1.54) is 6.26 Å². The molecule has 2 aromatic carbocycles. The lowest BCUT2D eigenvalue weighted by Gasteiger charge is -2.35. The van der Waals surface area contributed by atoms with E-state index in [4.69, 9.17) is 9.15 Å². The summed E-state index contributed by atoms with van der Waals surface area (Å²) in [5.41, 5.74) is 2.29. The number of hydrogen-bond donors (Lipinski definition) is 1. The van der Waals surface area contributed by atoms with Gasteiger partial charge in [-0.25, -0.2) is 0 Å². The first-order valence-corrected chi connectivity index (χ1v) is 9.34. The van der Waals surface area contributed by atoms with Crippen molar-refractivity contribution < 1.29 is 19.1 Å². The number of carbonyl (C=O) groups excluding carboxylic acids is 1. The molecule has 2 heterocycles. The van der Waals surface area contributed by atoms with Crippen molar-refractivity contribution in [2.75, 3.05) is 13.2 Å². The molecule has 0 spiro atoms. The molecule has 144 valence electrons. The molecule has 28 heavy (non-hydrogen) atoms. The van der Waals surface area contributed by atoms with E-state index >= 15 is 0 Å². The number of ketones is 1. The number of aryl methyl sites for hydroxylation is 3. The molecule has 1 aliphatic heterocycles. The van der Waals surface area contributed by atoms with Crippen LogP contribution in [0.25, 0.3) is 11.0 Å². The van der Waals surface area contributed by atoms with Crippen molar-refractivity contribution in [1.82, 2.24) is 0 Å². The average Bonchev–Trinajstić information content (AvgIpc) is 2.70. The van der Waals surface area contributed by atoms with Gasteiger partial charge in [-0.2, -0.15) is 0 Å². The van der Waals surface area contributed by atoms with Gasteiger partial charge in [0.1, 0.15) is 17.9 Å². The molecule has 3 aromatic rings. The van der Waals surface area contributed by atoms with Crippen LogP contribution in [0, 0.1) is 19.3 Å². The molecule has 1 aliphatic rings. The highest BCUT2D eigenvalue weighted by molar-refractivity contribution is 6.04. The highest BCUT2D eigenvalue weighted by Gasteiger charge is 2.43. The smallest absolute Gasteiger partial charge is 0.195 e. The summed E-state index contributed by atoms with van der Waals surface area (Å²) in [5.74, 6) is 0.404. The molecule has 5 heteroatoms. The Labute approximate surface area is 162 Å². The van der Waals surface area contributed by atoms with E-state index in [0.29, 0.717) is 40.7 Å². The van der Waals surface area contributed by atoms with Crippen LogP contribution in [0.3, 0.4) is 0 Å². The Bertz CT molecular complexity index is 1130. The van der Waals surface area contributed by atoms with E-state index in [2.05, 4.69) is 0 Å². The van der Waals surface area contributed by atoms with Crippen LogP contribution in [0.4, 0.5) is 0 Å². The van der Waals surface area contributed by atoms with Gasteiger partial charge in [0.2, 0.25) is 0 Å². The molecule has 4 rings (SSSR count). The summed E-state index contributed by atoms with van der Waals surface area (Å²) in [5, 5.41) is 10.6. The first-order valence-electron chi connectivity index (χ1n) is 9.34. The molecule has 0 saturated heterocycles. The van der Waals surface area contributed by atoms with Gasteiger partial charge in [-0.3, -0.25) is 9.59 Å². The second kappa shape index (κ2) is 6.91. The summed E-state index contributed by atoms with van der Waals surface area (Å²) in [6.07, 6.45) is 2.08. The summed E-state index contributed by atoms with van der Waals surface area (Å²) >= 11 is 0. The Kier molecular flexibility index (Phi) is 4.55. The summed E-state index contributed by atoms with van der Waals surface area (Å²) in [6.45, 7) is 3.59. The maximum absolute atomic E-state index is 13.1. The molecule has 0 fully saturated rings. The Morgan fingerprint density at radius 3 is 2.61 bits per heavy atom. The Morgan fingerprint density at radius 1 is 1.07 bits per heavy atom. The van der Waals surface area contributed by atoms with E-state index in [1.807, 2.05) is 26.0 Å². The number of aliphatic hydroxyl groups is 1. The van der Waals surface area contributed by atoms with Crippen LogP contribution < -0.4 is 10.2 Å². The van der Waals surface area contributed by atoms with Crippen LogP contribution in [0.15, 0.2) is 51.9 Å². The van der Waals surface area contributed by atoms with Gasteiger partial charge in [0, 0.05) is 5.56 Å². The molecule has 0 aliphatic carbocycles. The number of ether oxygens (including phenoxy) is 1. The second-order valence-corrected chi connectivity index (χ2v) is 7.65. The van der Waals surface area contributed by atoms with Gasteiger partial charge in [-0.1, -0.05) is 23.3 Å². The Balaban J connectivity index is 1.65. The van der Waals surface area contributed by atoms with Crippen molar-refractivity contribution in [3.63, 3.8) is 0 Å². The molecular formula is C23H22O5. The molecule has 0 saturated carbocycles. The van der Waals surface area contributed by atoms with E-state index in [0.717, 1.165) is 11.1 Å². The number of carbonyl (C=O) groups is 1. The maximum atomic E-state index is 13.1. The van der Waals surface area contributed by atoms with Crippen LogP contribution in [0.1, 0.15) is 33.5 Å². The zero-order valence-electron chi connectivity index (χ0n) is 16.0. The van der Waals surface area contributed by atoms with Gasteiger partial charge < -0.3 is 14.3 Å². The van der Waals surface area contributed by atoms with Crippen LogP contribution in [0.2, 0.25) is 0 Å². The van der Waals surface area contributed by atoms with Crippen molar-refractivity contribution >= 4 is 16.8 Å². The molecule has 1 atom stereocenters. The number of aliphatic hydroxyl groups excluding tert-OH is 1. The Morgan fingerprint density at radius 2 is 1.82 bits per heavy atom. The predicted octanol–water partition coefficient (Wildman–Crippen LogP) is 3.60. The predicted molar refractivity (Wildman–Crippen MR) is 106 cm³/mol. The quantitative estimate of drug-likeness (QED) is 0.751. The highest BCUT2D eigenvalue weighted by Crippen LogP contribution is 2.38. The van der Waals surface area contributed by atoms with Gasteiger partial charge >= 0.3 is 0 Å². The molecular weight excluding hydrogens is 356 g/mol. The number of fused-ring (bicyclic) bond motifs is 2. The normalized spacial score (nSPS) is 18.8. The van der Waals surface area contributed by atoms with Gasteiger partial charge in [-0.15, -0.1) is 0 Å². The minimum atomic E-state index is -1.06. The Hall–Kier alpha value is -2.92. The van der Waals surface area contributed by atoms with Gasteiger partial charge in [0.05, 0.1) is 29.2 Å². The van der Waals surface area contributed by atoms with Crippen LogP contribution in [-0.4, -0.2) is 24.1 Å². The van der Waals surface area contributed by atoms with Gasteiger partial charge in [0.15, 0.2) is 11.2 Å². The first kappa shape index (κ1) is 18.4. The lowest BCUT2D eigenvalue weighted by atomic mass is 9.75. The van der Waals surface area contributed by atoms with Crippen LogP contribution in [0.5, 0.6) is 5.75 Å². The fraction of sp³-hybridized carbons (Fsp3) is 0.304. The minimum absolute atomic E-state index is 0.0937. The minimum Gasteiger partial charge on any atom is -0.492 e. The summed E-state index contributed by atoms with van der Waals surface area (Å²) in [7, 11) is 0. The fourth-order valence-corrected chi connectivity index (χ4v) is 3.73. The fourth-order valence-electron chi connectivity index (χ4n) is 3.73. The van der Waals surface area contributed by atoms with Crippen LogP contribution >= 0.6 is 0 Å². The number of hydrogen-bond acceptors (Lipinski definition) is 5. The molecule has 0 radical (unpaired) electrons. The molecule has 5 nitrogen and oxygen atoms in total. The molecule has 1 aromatic heterocycles. The zero-order valence-corrected chi connectivity index (χ0v) is 16.0. The summed E-state index contributed by atoms with van der Waals surface area (Å²) < 4.78 is 11.4. The highest BCUT2D eigenvalue weighted by atomic mass is 16.5. The first-order chi connectivity index (χ1) is 13.4. The third-order valence-corrected chi connectivity index (χ3v) is 5.54. The lowest BCUT2D eigenvalue weighted by molar-refractivity contribution is 0.0347. The maximum Gasteiger partial charge on any atom is 0.195 e. The van der Waals surface area contributed by atoms with E-state index in [-0.39, 0.29) is 24.4 Å². The van der Waals surface area contributed by atoms with Crippen molar-refractivity contribution in [2.45, 2.75) is 26.7 Å². The van der Waals surface area contributed by atoms with E-state index in [1.54, 1.807) is 24.3 Å². The van der Waals surface area contributed by atoms with Gasteiger partial charge in [0.25, 0.3) is 0 Å². The number of benzene rings is 2. The van der Waals surface area contributed by atoms with E-state index in [9.17, 15) is 14.7 Å². The number of Topliss-reactive ketones (excluding diaryl/α,β-unsaturated/α-hetero) is 1. The number of rotatable bonds is 4. The second-order valence-electron chi connectivity index (χ2n) is 7.65. The molecule has 0 amide bonds. The average molecular weight is 378 g/mol. The monoisotopic (exact) mass is 378 g/mol.